The van der Waals surface area contributed by atoms with Gasteiger partial charge in [-0.25, -0.2) is 0 Å². The van der Waals surface area contributed by atoms with Gasteiger partial charge >= 0.3 is 0 Å². The molecule has 0 aliphatic heterocycles. The Bertz CT molecular complexity index is 941. The second kappa shape index (κ2) is 9.32. The van der Waals surface area contributed by atoms with Gasteiger partial charge in [-0.15, -0.1) is 0 Å². The predicted octanol–water partition coefficient (Wildman–Crippen LogP) is 3.91. The van der Waals surface area contributed by atoms with Crippen molar-refractivity contribution in [2.24, 2.45) is 0 Å². The number of hydrogen-bond donors (Lipinski definition) is 2. The van der Waals surface area contributed by atoms with E-state index >= 15 is 0 Å². The lowest BCUT2D eigenvalue weighted by molar-refractivity contribution is -0.116. The summed E-state index contributed by atoms with van der Waals surface area (Å²) < 4.78 is 5.19. The minimum Gasteiger partial charge on any atom is -0.497 e. The van der Waals surface area contributed by atoms with Gasteiger partial charge in [-0.05, 0) is 60.5 Å². The highest BCUT2D eigenvalue weighted by atomic mass is 16.5. The van der Waals surface area contributed by atoms with E-state index in [4.69, 9.17) is 4.74 Å². The number of benzene rings is 2. The lowest BCUT2D eigenvalue weighted by Crippen LogP contribution is -2.14. The van der Waals surface area contributed by atoms with Crippen molar-refractivity contribution in [3.63, 3.8) is 0 Å². The Morgan fingerprint density at radius 3 is 2.50 bits per heavy atom. The molecule has 0 atom stereocenters. The maximum atomic E-state index is 12.2. The van der Waals surface area contributed by atoms with Crippen molar-refractivity contribution in [2.75, 3.05) is 17.7 Å². The average molecular weight is 375 g/mol. The van der Waals surface area contributed by atoms with Crippen LogP contribution in [0.15, 0.2) is 73.1 Å². The van der Waals surface area contributed by atoms with Crippen molar-refractivity contribution in [3.8, 4) is 5.75 Å². The van der Waals surface area contributed by atoms with E-state index in [0.717, 1.165) is 11.3 Å². The first-order valence-electron chi connectivity index (χ1n) is 8.88. The van der Waals surface area contributed by atoms with E-state index in [1.54, 1.807) is 55.9 Å². The largest absolute Gasteiger partial charge is 0.497 e. The summed E-state index contributed by atoms with van der Waals surface area (Å²) in [5.74, 6) is 0.456. The number of methoxy groups -OCH3 is 1. The molecule has 0 fully saturated rings. The van der Waals surface area contributed by atoms with Crippen LogP contribution in [0.4, 0.5) is 11.4 Å². The lowest BCUT2D eigenvalue weighted by Gasteiger charge is -2.08. The van der Waals surface area contributed by atoms with Crippen LogP contribution in [0.1, 0.15) is 22.3 Å². The molecule has 0 saturated carbocycles. The van der Waals surface area contributed by atoms with E-state index in [1.807, 2.05) is 24.3 Å². The Morgan fingerprint density at radius 2 is 1.79 bits per heavy atom. The number of carbonyl (C=O) groups is 2. The molecule has 3 rings (SSSR count). The number of hydrogen-bond acceptors (Lipinski definition) is 4. The highest BCUT2D eigenvalue weighted by molar-refractivity contribution is 6.04. The number of amides is 2. The number of aryl methyl sites for hydroxylation is 1. The van der Waals surface area contributed by atoms with Gasteiger partial charge < -0.3 is 15.4 Å². The molecule has 142 valence electrons. The van der Waals surface area contributed by atoms with E-state index in [9.17, 15) is 9.59 Å². The van der Waals surface area contributed by atoms with Crippen LogP contribution in [-0.2, 0) is 11.2 Å². The van der Waals surface area contributed by atoms with Crippen LogP contribution in [0.2, 0.25) is 0 Å². The van der Waals surface area contributed by atoms with Gasteiger partial charge in [-0.3, -0.25) is 14.6 Å². The Morgan fingerprint density at radius 1 is 0.964 bits per heavy atom. The van der Waals surface area contributed by atoms with Crippen LogP contribution >= 0.6 is 0 Å². The van der Waals surface area contributed by atoms with Crippen LogP contribution in [0.25, 0.3) is 0 Å². The van der Waals surface area contributed by atoms with Crippen LogP contribution < -0.4 is 15.4 Å². The number of rotatable bonds is 7. The van der Waals surface area contributed by atoms with Gasteiger partial charge in [0.2, 0.25) is 5.91 Å². The topological polar surface area (TPSA) is 80.3 Å². The molecule has 0 aliphatic rings. The molecule has 6 heteroatoms. The zero-order valence-corrected chi connectivity index (χ0v) is 15.5. The van der Waals surface area contributed by atoms with E-state index in [-0.39, 0.29) is 11.8 Å². The summed E-state index contributed by atoms with van der Waals surface area (Å²) in [7, 11) is 1.62. The number of anilines is 2. The normalized spacial score (nSPS) is 10.2. The van der Waals surface area contributed by atoms with E-state index in [0.29, 0.717) is 29.8 Å². The molecule has 0 bridgehead atoms. The number of nitrogens with zero attached hydrogens (tertiary/aromatic N) is 1. The van der Waals surface area contributed by atoms with Gasteiger partial charge in [0.05, 0.1) is 19.0 Å². The summed E-state index contributed by atoms with van der Waals surface area (Å²) in [6.45, 7) is 0. The highest BCUT2D eigenvalue weighted by Gasteiger charge is 2.08. The smallest absolute Gasteiger partial charge is 0.255 e. The minimum atomic E-state index is -0.232. The number of pyridine rings is 1. The number of aromatic nitrogens is 1. The maximum Gasteiger partial charge on any atom is 0.255 e. The Kier molecular flexibility index (Phi) is 6.36. The van der Waals surface area contributed by atoms with Crippen LogP contribution in [0.3, 0.4) is 0 Å². The van der Waals surface area contributed by atoms with Crippen LogP contribution in [0, 0.1) is 0 Å². The molecule has 2 amide bonds. The fourth-order valence-corrected chi connectivity index (χ4v) is 2.65. The van der Waals surface area contributed by atoms with Gasteiger partial charge in [0.25, 0.3) is 5.91 Å². The van der Waals surface area contributed by atoms with Crippen molar-refractivity contribution in [3.05, 3.63) is 84.2 Å². The summed E-state index contributed by atoms with van der Waals surface area (Å²) >= 11 is 0. The van der Waals surface area contributed by atoms with Crippen molar-refractivity contribution in [1.82, 2.24) is 4.98 Å². The van der Waals surface area contributed by atoms with Gasteiger partial charge in [0.15, 0.2) is 0 Å². The quantitative estimate of drug-likeness (QED) is 0.656. The molecule has 0 spiro atoms. The first kappa shape index (κ1) is 19.1. The first-order chi connectivity index (χ1) is 13.6. The van der Waals surface area contributed by atoms with Crippen molar-refractivity contribution in [1.29, 1.82) is 0 Å². The summed E-state index contributed by atoms with van der Waals surface area (Å²) in [5.41, 5.74) is 2.81. The average Bonchev–Trinajstić information content (AvgIpc) is 2.73. The van der Waals surface area contributed by atoms with E-state index in [1.165, 1.54) is 0 Å². The predicted molar refractivity (Wildman–Crippen MR) is 109 cm³/mol. The van der Waals surface area contributed by atoms with Crippen molar-refractivity contribution >= 4 is 23.2 Å². The van der Waals surface area contributed by atoms with E-state index < -0.39 is 0 Å². The molecule has 2 aromatic carbocycles. The monoisotopic (exact) mass is 375 g/mol. The molecule has 6 nitrogen and oxygen atoms in total. The third-order valence-corrected chi connectivity index (χ3v) is 4.13. The van der Waals surface area contributed by atoms with Crippen molar-refractivity contribution in [2.45, 2.75) is 12.8 Å². The fraction of sp³-hybridized carbons (Fsp3) is 0.136. The zero-order chi connectivity index (χ0) is 19.8. The number of ether oxygens (including phenoxy) is 1. The summed E-state index contributed by atoms with van der Waals surface area (Å²) in [5, 5.41) is 5.61. The summed E-state index contributed by atoms with van der Waals surface area (Å²) in [6.07, 6.45) is 4.20. The molecule has 0 unspecified atom stereocenters. The molecule has 2 N–H and O–H groups in total. The number of nitrogens with one attached hydrogen (secondary N) is 2. The third kappa shape index (κ3) is 5.41. The number of carbonyl (C=O) groups excluding carboxylic acids is 2. The van der Waals surface area contributed by atoms with Crippen LogP contribution in [-0.4, -0.2) is 23.9 Å². The SMILES string of the molecule is COc1cccc(CCC(=O)Nc2ccc(C(=O)Nc3cccnc3)cc2)c1. The molecule has 28 heavy (non-hydrogen) atoms. The van der Waals surface area contributed by atoms with Gasteiger partial charge in [0.1, 0.15) is 5.75 Å². The fourth-order valence-electron chi connectivity index (χ4n) is 2.65. The Hall–Kier alpha value is -3.67. The Labute approximate surface area is 163 Å². The minimum absolute atomic E-state index is 0.0876. The summed E-state index contributed by atoms with van der Waals surface area (Å²) in [4.78, 5) is 28.4. The molecule has 0 aliphatic carbocycles. The molecular formula is C22H21N3O3. The highest BCUT2D eigenvalue weighted by Crippen LogP contribution is 2.15. The second-order valence-corrected chi connectivity index (χ2v) is 6.17. The third-order valence-electron chi connectivity index (χ3n) is 4.13. The van der Waals surface area contributed by atoms with Crippen LogP contribution in [0.5, 0.6) is 5.75 Å². The molecule has 0 saturated heterocycles. The van der Waals surface area contributed by atoms with Gasteiger partial charge in [-0.1, -0.05) is 12.1 Å². The Balaban J connectivity index is 1.51. The van der Waals surface area contributed by atoms with E-state index in [2.05, 4.69) is 15.6 Å². The molecule has 1 heterocycles. The lowest BCUT2D eigenvalue weighted by atomic mass is 10.1. The first-order valence-corrected chi connectivity index (χ1v) is 8.88. The summed E-state index contributed by atoms with van der Waals surface area (Å²) in [6, 6.07) is 17.9. The maximum absolute atomic E-state index is 12.2. The molecule has 1 aromatic heterocycles. The molecule has 3 aromatic rings. The zero-order valence-electron chi connectivity index (χ0n) is 15.5. The molecule has 0 radical (unpaired) electrons. The second-order valence-electron chi connectivity index (χ2n) is 6.17. The van der Waals surface area contributed by atoms with Gasteiger partial charge in [0, 0.05) is 23.9 Å². The standard InChI is InChI=1S/C22H21N3O3/c1-28-20-6-2-4-16(14-20)7-12-21(26)24-18-10-8-17(9-11-18)22(27)25-19-5-3-13-23-15-19/h2-6,8-11,13-15H,7,12H2,1H3,(H,24,26)(H,25,27). The van der Waals surface area contributed by atoms with Gasteiger partial charge in [-0.2, -0.15) is 0 Å². The van der Waals surface area contributed by atoms with Crippen molar-refractivity contribution < 1.29 is 14.3 Å². The molecular weight excluding hydrogens is 354 g/mol.